The zero-order valence-corrected chi connectivity index (χ0v) is 13.4. The number of imidazole rings is 1. The van der Waals surface area contributed by atoms with Crippen LogP contribution in [0, 0.1) is 0 Å². The molecule has 0 radical (unpaired) electrons. The molecule has 2 aromatic rings. The molecule has 0 spiro atoms. The van der Waals surface area contributed by atoms with Gasteiger partial charge in [-0.25, -0.2) is 13.4 Å². The van der Waals surface area contributed by atoms with E-state index in [1.54, 1.807) is 6.20 Å². The molecule has 2 aromatic heterocycles. The van der Waals surface area contributed by atoms with Crippen molar-refractivity contribution in [3.63, 3.8) is 0 Å². The monoisotopic (exact) mass is 325 g/mol. The minimum Gasteiger partial charge on any atom is -0.378 e. The maximum atomic E-state index is 11.9. The molecule has 0 aliphatic carbocycles. The van der Waals surface area contributed by atoms with E-state index in [-0.39, 0.29) is 10.9 Å². The third-order valence-corrected chi connectivity index (χ3v) is 4.99. The van der Waals surface area contributed by atoms with E-state index in [2.05, 4.69) is 20.1 Å². The lowest BCUT2D eigenvalue weighted by Crippen LogP contribution is -2.40. The first-order chi connectivity index (χ1) is 10.5. The zero-order chi connectivity index (χ0) is 15.7. The van der Waals surface area contributed by atoms with Crippen molar-refractivity contribution in [3.8, 4) is 0 Å². The normalized spacial score (nSPS) is 20.4. The van der Waals surface area contributed by atoms with Crippen LogP contribution in [-0.4, -0.2) is 59.1 Å². The second-order valence-electron chi connectivity index (χ2n) is 5.44. The quantitative estimate of drug-likeness (QED) is 0.858. The first kappa shape index (κ1) is 15.2. The molecule has 0 unspecified atom stereocenters. The number of aromatic nitrogens is 4. The third kappa shape index (κ3) is 2.92. The Balaban J connectivity index is 1.90. The molecule has 120 valence electrons. The molecule has 9 heteroatoms. The van der Waals surface area contributed by atoms with Gasteiger partial charge in [-0.2, -0.15) is 5.10 Å². The van der Waals surface area contributed by atoms with Crippen molar-refractivity contribution in [1.82, 2.24) is 24.6 Å². The number of nitrogens with zero attached hydrogens (tertiary/aromatic N) is 4. The largest absolute Gasteiger partial charge is 0.378 e. The Morgan fingerprint density at radius 3 is 3.00 bits per heavy atom. The van der Waals surface area contributed by atoms with E-state index in [0.29, 0.717) is 32.0 Å². The van der Waals surface area contributed by atoms with Gasteiger partial charge in [0.2, 0.25) is 0 Å². The fourth-order valence-corrected chi connectivity index (χ4v) is 3.47. The van der Waals surface area contributed by atoms with Crippen LogP contribution in [0.2, 0.25) is 0 Å². The topological polar surface area (TPSA) is 93.1 Å². The Kier molecular flexibility index (Phi) is 4.02. The van der Waals surface area contributed by atoms with Gasteiger partial charge in [-0.1, -0.05) is 0 Å². The Morgan fingerprint density at radius 1 is 1.50 bits per heavy atom. The average Bonchev–Trinajstić information content (AvgIpc) is 3.09. The van der Waals surface area contributed by atoms with Gasteiger partial charge in [-0.15, -0.1) is 0 Å². The van der Waals surface area contributed by atoms with Gasteiger partial charge in [0.15, 0.2) is 9.84 Å². The molecule has 1 aliphatic rings. The van der Waals surface area contributed by atoms with Gasteiger partial charge < -0.3 is 9.30 Å². The van der Waals surface area contributed by atoms with Crippen LogP contribution in [0.5, 0.6) is 0 Å². The number of hydrogen-bond acceptors (Lipinski definition) is 6. The van der Waals surface area contributed by atoms with Crippen molar-refractivity contribution in [1.29, 1.82) is 0 Å². The Bertz CT molecular complexity index is 751. The summed E-state index contributed by atoms with van der Waals surface area (Å²) in [6.07, 6.45) is 6.19. The molecule has 0 saturated carbocycles. The number of hydrogen-bond donors (Lipinski definition) is 1. The molecule has 3 rings (SSSR count). The number of morpholine rings is 1. The molecule has 8 nitrogen and oxygen atoms in total. The van der Waals surface area contributed by atoms with Gasteiger partial charge in [0.1, 0.15) is 10.7 Å². The standard InChI is InChI=1S/C13H19N5O3S/c1-17-4-3-14-12(17)8-18-5-6-21-9-10(18)13-11(7-15-16-13)22(2,19)20/h3-4,7,10H,5-6,8-9H2,1-2H3,(H,15,16)/t10-/m0/s1. The first-order valence-corrected chi connectivity index (χ1v) is 8.87. The predicted octanol–water partition coefficient (Wildman–Crippen LogP) is 0.120. The van der Waals surface area contributed by atoms with Crippen molar-refractivity contribution < 1.29 is 13.2 Å². The van der Waals surface area contributed by atoms with Crippen molar-refractivity contribution >= 4 is 9.84 Å². The molecular formula is C13H19N5O3S. The summed E-state index contributed by atoms with van der Waals surface area (Å²) >= 11 is 0. The van der Waals surface area contributed by atoms with E-state index in [0.717, 1.165) is 5.82 Å². The summed E-state index contributed by atoms with van der Waals surface area (Å²) in [5.41, 5.74) is 0.580. The number of sulfone groups is 1. The maximum absolute atomic E-state index is 11.9. The van der Waals surface area contributed by atoms with E-state index >= 15 is 0 Å². The van der Waals surface area contributed by atoms with Crippen LogP contribution in [0.15, 0.2) is 23.5 Å². The van der Waals surface area contributed by atoms with E-state index < -0.39 is 9.84 Å². The average molecular weight is 325 g/mol. The van der Waals surface area contributed by atoms with E-state index in [1.165, 1.54) is 12.5 Å². The number of aromatic amines is 1. The molecule has 1 aliphatic heterocycles. The summed E-state index contributed by atoms with van der Waals surface area (Å²) in [6.45, 7) is 2.37. The maximum Gasteiger partial charge on any atom is 0.178 e. The SMILES string of the molecule is Cn1ccnc1CN1CCOC[C@H]1c1[nH]ncc1S(C)(=O)=O. The van der Waals surface area contributed by atoms with Gasteiger partial charge in [-0.3, -0.25) is 10.00 Å². The smallest absolute Gasteiger partial charge is 0.178 e. The number of nitrogens with one attached hydrogen (secondary N) is 1. The van der Waals surface area contributed by atoms with Crippen LogP contribution in [0.25, 0.3) is 0 Å². The number of aryl methyl sites for hydroxylation is 1. The molecule has 1 saturated heterocycles. The molecule has 22 heavy (non-hydrogen) atoms. The van der Waals surface area contributed by atoms with E-state index in [4.69, 9.17) is 4.74 Å². The lowest BCUT2D eigenvalue weighted by atomic mass is 10.1. The van der Waals surface area contributed by atoms with Crippen LogP contribution in [-0.2, 0) is 28.2 Å². The van der Waals surface area contributed by atoms with Gasteiger partial charge in [0.05, 0.1) is 37.7 Å². The summed E-state index contributed by atoms with van der Waals surface area (Å²) in [6, 6.07) is -0.183. The zero-order valence-electron chi connectivity index (χ0n) is 12.6. The third-order valence-electron chi connectivity index (χ3n) is 3.87. The summed E-state index contributed by atoms with van der Waals surface area (Å²) in [7, 11) is -1.39. The number of rotatable bonds is 4. The molecule has 3 heterocycles. The minimum absolute atomic E-state index is 0.183. The van der Waals surface area contributed by atoms with Gasteiger partial charge in [0, 0.05) is 32.2 Å². The number of ether oxygens (including phenoxy) is 1. The fourth-order valence-electron chi connectivity index (χ4n) is 2.64. The van der Waals surface area contributed by atoms with Crippen LogP contribution < -0.4 is 0 Å². The Labute approximate surface area is 129 Å². The van der Waals surface area contributed by atoms with Crippen molar-refractivity contribution in [2.24, 2.45) is 7.05 Å². The molecular weight excluding hydrogens is 306 g/mol. The molecule has 0 aromatic carbocycles. The van der Waals surface area contributed by atoms with Crippen molar-refractivity contribution in [3.05, 3.63) is 30.1 Å². The minimum atomic E-state index is -3.33. The second-order valence-corrected chi connectivity index (χ2v) is 7.42. The molecule has 1 N–H and O–H groups in total. The fraction of sp³-hybridized carbons (Fsp3) is 0.538. The van der Waals surface area contributed by atoms with Crippen LogP contribution >= 0.6 is 0 Å². The molecule has 0 amide bonds. The van der Waals surface area contributed by atoms with Crippen LogP contribution in [0.4, 0.5) is 0 Å². The Hall–Kier alpha value is -1.71. The lowest BCUT2D eigenvalue weighted by Gasteiger charge is -2.34. The summed E-state index contributed by atoms with van der Waals surface area (Å²) < 4.78 is 31.3. The highest BCUT2D eigenvalue weighted by Gasteiger charge is 2.31. The highest BCUT2D eigenvalue weighted by molar-refractivity contribution is 7.90. The van der Waals surface area contributed by atoms with Crippen molar-refractivity contribution in [2.45, 2.75) is 17.5 Å². The molecule has 0 bridgehead atoms. The summed E-state index contributed by atoms with van der Waals surface area (Å²) in [4.78, 5) is 6.72. The number of H-pyrrole nitrogens is 1. The van der Waals surface area contributed by atoms with Gasteiger partial charge >= 0.3 is 0 Å². The first-order valence-electron chi connectivity index (χ1n) is 6.98. The van der Waals surface area contributed by atoms with E-state index in [9.17, 15) is 8.42 Å². The van der Waals surface area contributed by atoms with Crippen molar-refractivity contribution in [2.75, 3.05) is 26.0 Å². The molecule has 1 fully saturated rings. The predicted molar refractivity (Wildman–Crippen MR) is 78.9 cm³/mol. The highest BCUT2D eigenvalue weighted by atomic mass is 32.2. The Morgan fingerprint density at radius 2 is 2.32 bits per heavy atom. The summed E-state index contributed by atoms with van der Waals surface area (Å²) in [5, 5.41) is 6.73. The molecule has 1 atom stereocenters. The summed E-state index contributed by atoms with van der Waals surface area (Å²) in [5.74, 6) is 0.923. The van der Waals surface area contributed by atoms with Crippen LogP contribution in [0.3, 0.4) is 0 Å². The van der Waals surface area contributed by atoms with Crippen LogP contribution in [0.1, 0.15) is 17.6 Å². The lowest BCUT2D eigenvalue weighted by molar-refractivity contribution is -0.0166. The second kappa shape index (κ2) is 5.82. The van der Waals surface area contributed by atoms with Gasteiger partial charge in [-0.05, 0) is 0 Å². The van der Waals surface area contributed by atoms with E-state index in [1.807, 2.05) is 17.8 Å². The van der Waals surface area contributed by atoms with Gasteiger partial charge in [0.25, 0.3) is 0 Å². The highest BCUT2D eigenvalue weighted by Crippen LogP contribution is 2.28.